The van der Waals surface area contributed by atoms with E-state index in [1.807, 2.05) is 12.1 Å². The summed E-state index contributed by atoms with van der Waals surface area (Å²) in [7, 11) is 0. The van der Waals surface area contributed by atoms with Gasteiger partial charge in [-0.1, -0.05) is 67.1 Å². The van der Waals surface area contributed by atoms with Crippen LogP contribution < -0.4 is 5.11 Å². The lowest BCUT2D eigenvalue weighted by atomic mass is 10.1. The van der Waals surface area contributed by atoms with E-state index in [1.165, 1.54) is 11.1 Å². The van der Waals surface area contributed by atoms with Gasteiger partial charge in [0.25, 0.3) is 0 Å². The van der Waals surface area contributed by atoms with Crippen LogP contribution in [0.1, 0.15) is 17.5 Å². The van der Waals surface area contributed by atoms with E-state index in [4.69, 9.17) is 0 Å². The highest BCUT2D eigenvalue weighted by atomic mass is 16.3. The second-order valence-electron chi connectivity index (χ2n) is 4.74. The molecule has 19 heavy (non-hydrogen) atoms. The Labute approximate surface area is 115 Å². The number of benzene rings is 2. The third-order valence-corrected chi connectivity index (χ3v) is 3.12. The van der Waals surface area contributed by atoms with Crippen LogP contribution in [0.5, 0.6) is 0 Å². The summed E-state index contributed by atoms with van der Waals surface area (Å²) in [6, 6.07) is 20.8. The van der Waals surface area contributed by atoms with Crippen LogP contribution in [0.3, 0.4) is 0 Å². The molecule has 0 amide bonds. The molecule has 0 fully saturated rings. The average Bonchev–Trinajstić information content (AvgIpc) is 2.47. The summed E-state index contributed by atoms with van der Waals surface area (Å²) in [5.74, 6) is 0. The molecule has 0 N–H and O–H groups in total. The van der Waals surface area contributed by atoms with Crippen LogP contribution >= 0.6 is 0 Å². The lowest BCUT2D eigenvalue weighted by molar-refractivity contribution is -0.368. The normalized spacial score (nSPS) is 10.8. The van der Waals surface area contributed by atoms with Crippen LogP contribution in [0, 0.1) is 0 Å². The van der Waals surface area contributed by atoms with Gasteiger partial charge in [-0.25, -0.2) is 0 Å². The molecule has 100 valence electrons. The average molecular weight is 254 g/mol. The van der Waals surface area contributed by atoms with Crippen LogP contribution in [0.15, 0.2) is 60.7 Å². The van der Waals surface area contributed by atoms with E-state index >= 15 is 0 Å². The largest absolute Gasteiger partial charge is 0.854 e. The minimum atomic E-state index is 0.0000787. The summed E-state index contributed by atoms with van der Waals surface area (Å²) in [5, 5.41) is 10.7. The first-order valence-electron chi connectivity index (χ1n) is 6.77. The van der Waals surface area contributed by atoms with Crippen molar-refractivity contribution in [3.8, 4) is 0 Å². The topological polar surface area (TPSA) is 26.3 Å². The van der Waals surface area contributed by atoms with Crippen molar-refractivity contribution in [2.45, 2.75) is 19.5 Å². The monoisotopic (exact) mass is 254 g/mol. The highest BCUT2D eigenvalue weighted by molar-refractivity contribution is 5.17. The molecule has 2 rings (SSSR count). The van der Waals surface area contributed by atoms with Gasteiger partial charge in [-0.15, -0.1) is 6.61 Å². The Morgan fingerprint density at radius 3 is 1.63 bits per heavy atom. The molecule has 0 aliphatic heterocycles. The molecule has 0 spiro atoms. The number of rotatable bonds is 7. The number of hydrogen-bond donors (Lipinski definition) is 0. The SMILES string of the molecule is [O-]CCCN(Cc1ccccc1)Cc1ccccc1. The van der Waals surface area contributed by atoms with Gasteiger partial charge in [0.2, 0.25) is 0 Å². The van der Waals surface area contributed by atoms with E-state index < -0.39 is 0 Å². The van der Waals surface area contributed by atoms with Gasteiger partial charge in [-0.05, 0) is 17.7 Å². The molecule has 0 saturated carbocycles. The Morgan fingerprint density at radius 2 is 1.21 bits per heavy atom. The Hall–Kier alpha value is -1.64. The van der Waals surface area contributed by atoms with Crippen LogP contribution in [-0.4, -0.2) is 18.1 Å². The Morgan fingerprint density at radius 1 is 0.737 bits per heavy atom. The van der Waals surface area contributed by atoms with E-state index in [2.05, 4.69) is 53.4 Å². The van der Waals surface area contributed by atoms with Gasteiger partial charge in [0.15, 0.2) is 0 Å². The Balaban J connectivity index is 1.99. The minimum Gasteiger partial charge on any atom is -0.854 e. The summed E-state index contributed by atoms with van der Waals surface area (Å²) < 4.78 is 0. The van der Waals surface area contributed by atoms with Gasteiger partial charge in [-0.2, -0.15) is 0 Å². The fourth-order valence-electron chi connectivity index (χ4n) is 2.19. The summed E-state index contributed by atoms with van der Waals surface area (Å²) in [5.41, 5.74) is 2.59. The summed E-state index contributed by atoms with van der Waals surface area (Å²) in [6.07, 6.45) is 0.708. The molecular formula is C17H20NO-. The molecule has 0 heterocycles. The fourth-order valence-corrected chi connectivity index (χ4v) is 2.19. The Kier molecular flexibility index (Phi) is 5.60. The quantitative estimate of drug-likeness (QED) is 0.758. The second kappa shape index (κ2) is 7.72. The van der Waals surface area contributed by atoms with Crippen molar-refractivity contribution >= 4 is 0 Å². The van der Waals surface area contributed by atoms with Gasteiger partial charge in [-0.3, -0.25) is 4.90 Å². The molecule has 0 saturated heterocycles. The molecule has 0 aliphatic carbocycles. The third kappa shape index (κ3) is 4.86. The molecular weight excluding hydrogens is 234 g/mol. The summed E-state index contributed by atoms with van der Waals surface area (Å²) in [4.78, 5) is 2.34. The zero-order valence-electron chi connectivity index (χ0n) is 11.2. The van der Waals surface area contributed by atoms with E-state index in [-0.39, 0.29) is 6.61 Å². The maximum atomic E-state index is 10.7. The van der Waals surface area contributed by atoms with Gasteiger partial charge in [0, 0.05) is 13.1 Å². The van der Waals surface area contributed by atoms with E-state index in [0.717, 1.165) is 19.6 Å². The van der Waals surface area contributed by atoms with Gasteiger partial charge >= 0.3 is 0 Å². The Bertz CT molecular complexity index is 414. The van der Waals surface area contributed by atoms with Gasteiger partial charge < -0.3 is 5.11 Å². The zero-order chi connectivity index (χ0) is 13.3. The minimum absolute atomic E-state index is 0.0000787. The first-order valence-corrected chi connectivity index (χ1v) is 6.77. The van der Waals surface area contributed by atoms with Crippen LogP contribution in [0.2, 0.25) is 0 Å². The predicted molar refractivity (Wildman–Crippen MR) is 76.5 cm³/mol. The van der Waals surface area contributed by atoms with Crippen molar-refractivity contribution in [2.75, 3.05) is 13.2 Å². The molecule has 2 aromatic rings. The lowest BCUT2D eigenvalue weighted by Crippen LogP contribution is -2.26. The number of hydrogen-bond acceptors (Lipinski definition) is 2. The highest BCUT2D eigenvalue weighted by Gasteiger charge is 2.05. The molecule has 2 aromatic carbocycles. The van der Waals surface area contributed by atoms with Crippen molar-refractivity contribution < 1.29 is 5.11 Å². The van der Waals surface area contributed by atoms with Crippen LogP contribution in [0.25, 0.3) is 0 Å². The molecule has 0 bridgehead atoms. The zero-order valence-corrected chi connectivity index (χ0v) is 11.2. The first-order chi connectivity index (χ1) is 9.38. The summed E-state index contributed by atoms with van der Waals surface area (Å²) in [6.45, 7) is 2.65. The van der Waals surface area contributed by atoms with Crippen LogP contribution in [0.4, 0.5) is 0 Å². The fraction of sp³-hybridized carbons (Fsp3) is 0.294. The van der Waals surface area contributed by atoms with Crippen molar-refractivity contribution in [1.82, 2.24) is 4.90 Å². The first kappa shape index (κ1) is 13.8. The number of nitrogens with zero attached hydrogens (tertiary/aromatic N) is 1. The molecule has 0 unspecified atom stereocenters. The lowest BCUT2D eigenvalue weighted by Gasteiger charge is -2.23. The second-order valence-corrected chi connectivity index (χ2v) is 4.74. The van der Waals surface area contributed by atoms with Crippen molar-refractivity contribution in [3.63, 3.8) is 0 Å². The van der Waals surface area contributed by atoms with Gasteiger partial charge in [0.1, 0.15) is 0 Å². The molecule has 0 atom stereocenters. The van der Waals surface area contributed by atoms with E-state index in [1.54, 1.807) is 0 Å². The van der Waals surface area contributed by atoms with Crippen molar-refractivity contribution in [1.29, 1.82) is 0 Å². The molecule has 0 aromatic heterocycles. The van der Waals surface area contributed by atoms with Crippen molar-refractivity contribution in [3.05, 3.63) is 71.8 Å². The third-order valence-electron chi connectivity index (χ3n) is 3.12. The molecule has 2 heteroatoms. The van der Waals surface area contributed by atoms with E-state index in [0.29, 0.717) is 6.42 Å². The standard InChI is InChI=1S/C17H20NO/c19-13-7-12-18(14-16-8-3-1-4-9-16)15-17-10-5-2-6-11-17/h1-6,8-11H,7,12-15H2/q-1. The van der Waals surface area contributed by atoms with Crippen LogP contribution in [-0.2, 0) is 13.1 Å². The van der Waals surface area contributed by atoms with Crippen molar-refractivity contribution in [2.24, 2.45) is 0 Å². The molecule has 2 nitrogen and oxygen atoms in total. The predicted octanol–water partition coefficient (Wildman–Crippen LogP) is 2.44. The maximum Gasteiger partial charge on any atom is 0.0237 e. The molecule has 0 aliphatic rings. The van der Waals surface area contributed by atoms with Gasteiger partial charge in [0.05, 0.1) is 0 Å². The van der Waals surface area contributed by atoms with E-state index in [9.17, 15) is 5.11 Å². The maximum absolute atomic E-state index is 10.7. The highest BCUT2D eigenvalue weighted by Crippen LogP contribution is 2.10. The molecule has 0 radical (unpaired) electrons. The summed E-state index contributed by atoms with van der Waals surface area (Å²) >= 11 is 0. The smallest absolute Gasteiger partial charge is 0.0237 e.